The summed E-state index contributed by atoms with van der Waals surface area (Å²) in [5.41, 5.74) is 0. The Bertz CT molecular complexity index is 333. The van der Waals surface area contributed by atoms with Gasteiger partial charge in [-0.05, 0) is 25.1 Å². The molecule has 2 unspecified atom stereocenters. The Hall–Kier alpha value is -0.620. The largest absolute Gasteiger partial charge is 0.491 e. The molecule has 1 aromatic carbocycles. The molecule has 0 saturated carbocycles. The normalized spacial score (nSPS) is 14.4. The second kappa shape index (κ2) is 7.66. The van der Waals surface area contributed by atoms with Gasteiger partial charge in [0.15, 0.2) is 0 Å². The van der Waals surface area contributed by atoms with E-state index in [0.717, 1.165) is 4.47 Å². The summed E-state index contributed by atoms with van der Waals surface area (Å²) < 4.78 is 6.37. The van der Waals surface area contributed by atoms with E-state index in [1.807, 2.05) is 24.3 Å². The van der Waals surface area contributed by atoms with Crippen LogP contribution in [0.3, 0.4) is 0 Å². The summed E-state index contributed by atoms with van der Waals surface area (Å²) in [6.07, 6.45) is -0.999. The summed E-state index contributed by atoms with van der Waals surface area (Å²) in [5.74, 6) is 0.717. The van der Waals surface area contributed by atoms with Crippen LogP contribution in [0.15, 0.2) is 28.7 Å². The standard InChI is InChI=1S/C12H18BrNO3/c1-9(15)6-14-7-11(16)8-17-12-4-2-3-10(13)5-12/h2-5,9,11,14-16H,6-8H2,1H3. The first-order valence-corrected chi connectivity index (χ1v) is 6.32. The van der Waals surface area contributed by atoms with Gasteiger partial charge in [-0.3, -0.25) is 0 Å². The average Bonchev–Trinajstić information content (AvgIpc) is 2.26. The Labute approximate surface area is 110 Å². The highest BCUT2D eigenvalue weighted by molar-refractivity contribution is 9.10. The number of aliphatic hydroxyl groups is 2. The molecule has 0 radical (unpaired) electrons. The van der Waals surface area contributed by atoms with Crippen LogP contribution >= 0.6 is 15.9 Å². The molecule has 4 nitrogen and oxygen atoms in total. The minimum atomic E-state index is -0.590. The minimum absolute atomic E-state index is 0.225. The van der Waals surface area contributed by atoms with Crippen molar-refractivity contribution in [3.05, 3.63) is 28.7 Å². The molecule has 3 N–H and O–H groups in total. The molecular formula is C12H18BrNO3. The molecule has 17 heavy (non-hydrogen) atoms. The van der Waals surface area contributed by atoms with E-state index in [0.29, 0.717) is 18.8 Å². The van der Waals surface area contributed by atoms with Crippen LogP contribution in [0.2, 0.25) is 0 Å². The zero-order valence-electron chi connectivity index (χ0n) is 9.77. The molecule has 0 aliphatic rings. The number of benzene rings is 1. The van der Waals surface area contributed by atoms with Crippen molar-refractivity contribution in [3.63, 3.8) is 0 Å². The van der Waals surface area contributed by atoms with Crippen molar-refractivity contribution in [2.45, 2.75) is 19.1 Å². The Morgan fingerprint density at radius 2 is 2.12 bits per heavy atom. The first-order chi connectivity index (χ1) is 8.08. The summed E-state index contributed by atoms with van der Waals surface area (Å²) in [6.45, 7) is 2.79. The lowest BCUT2D eigenvalue weighted by Gasteiger charge is -2.14. The van der Waals surface area contributed by atoms with Crippen LogP contribution in [0.4, 0.5) is 0 Å². The number of ether oxygens (including phenoxy) is 1. The van der Waals surface area contributed by atoms with E-state index in [-0.39, 0.29) is 6.61 Å². The quantitative estimate of drug-likeness (QED) is 0.707. The molecule has 2 atom stereocenters. The fourth-order valence-corrected chi connectivity index (χ4v) is 1.65. The molecule has 0 aliphatic heterocycles. The molecule has 5 heteroatoms. The predicted octanol–water partition coefficient (Wildman–Crippen LogP) is 1.16. The number of nitrogens with one attached hydrogen (secondary N) is 1. The highest BCUT2D eigenvalue weighted by atomic mass is 79.9. The van der Waals surface area contributed by atoms with E-state index < -0.39 is 12.2 Å². The molecule has 0 fully saturated rings. The molecule has 0 heterocycles. The van der Waals surface area contributed by atoms with Crippen LogP contribution in [-0.4, -0.2) is 42.1 Å². The van der Waals surface area contributed by atoms with Crippen molar-refractivity contribution in [2.24, 2.45) is 0 Å². The molecule has 0 bridgehead atoms. The number of hydrogen-bond donors (Lipinski definition) is 3. The highest BCUT2D eigenvalue weighted by Gasteiger charge is 2.05. The van der Waals surface area contributed by atoms with Gasteiger partial charge >= 0.3 is 0 Å². The molecule has 0 amide bonds. The second-order valence-electron chi connectivity index (χ2n) is 3.93. The summed E-state index contributed by atoms with van der Waals surface area (Å²) >= 11 is 3.34. The number of rotatable bonds is 7. The van der Waals surface area contributed by atoms with Crippen molar-refractivity contribution in [2.75, 3.05) is 19.7 Å². The van der Waals surface area contributed by atoms with Gasteiger partial charge in [0.1, 0.15) is 18.5 Å². The smallest absolute Gasteiger partial charge is 0.120 e. The summed E-state index contributed by atoms with van der Waals surface area (Å²) in [5, 5.41) is 21.6. The Morgan fingerprint density at radius 3 is 2.76 bits per heavy atom. The first-order valence-electron chi connectivity index (χ1n) is 5.53. The Kier molecular flexibility index (Phi) is 6.50. The van der Waals surface area contributed by atoms with E-state index in [4.69, 9.17) is 9.84 Å². The van der Waals surface area contributed by atoms with Crippen molar-refractivity contribution in [1.29, 1.82) is 0 Å². The van der Waals surface area contributed by atoms with Gasteiger partial charge in [0, 0.05) is 17.6 Å². The molecule has 1 aromatic rings. The predicted molar refractivity (Wildman–Crippen MR) is 70.2 cm³/mol. The highest BCUT2D eigenvalue weighted by Crippen LogP contribution is 2.17. The van der Waals surface area contributed by atoms with Crippen LogP contribution in [-0.2, 0) is 0 Å². The van der Waals surface area contributed by atoms with Gasteiger partial charge in [-0.2, -0.15) is 0 Å². The maximum atomic E-state index is 9.61. The van der Waals surface area contributed by atoms with E-state index in [1.165, 1.54) is 0 Å². The molecular weight excluding hydrogens is 286 g/mol. The van der Waals surface area contributed by atoms with Crippen molar-refractivity contribution in [3.8, 4) is 5.75 Å². The zero-order chi connectivity index (χ0) is 12.7. The van der Waals surface area contributed by atoms with Gasteiger partial charge < -0.3 is 20.3 Å². The van der Waals surface area contributed by atoms with Gasteiger partial charge in [0.05, 0.1) is 6.10 Å². The maximum Gasteiger partial charge on any atom is 0.120 e. The van der Waals surface area contributed by atoms with E-state index >= 15 is 0 Å². The zero-order valence-corrected chi connectivity index (χ0v) is 11.4. The third-order valence-electron chi connectivity index (χ3n) is 2.06. The fourth-order valence-electron chi connectivity index (χ4n) is 1.27. The summed E-state index contributed by atoms with van der Waals surface area (Å²) in [7, 11) is 0. The second-order valence-corrected chi connectivity index (χ2v) is 4.85. The number of hydrogen-bond acceptors (Lipinski definition) is 4. The van der Waals surface area contributed by atoms with Gasteiger partial charge in [0.2, 0.25) is 0 Å². The van der Waals surface area contributed by atoms with Gasteiger partial charge in [-0.15, -0.1) is 0 Å². The van der Waals surface area contributed by atoms with Crippen molar-refractivity contribution < 1.29 is 14.9 Å². The topological polar surface area (TPSA) is 61.7 Å². The third kappa shape index (κ3) is 6.63. The van der Waals surface area contributed by atoms with Crippen LogP contribution in [0, 0.1) is 0 Å². The minimum Gasteiger partial charge on any atom is -0.491 e. The molecule has 0 aromatic heterocycles. The SMILES string of the molecule is CC(O)CNCC(O)COc1cccc(Br)c1. The first kappa shape index (κ1) is 14.4. The van der Waals surface area contributed by atoms with E-state index in [9.17, 15) is 5.11 Å². The maximum absolute atomic E-state index is 9.61. The van der Waals surface area contributed by atoms with Crippen LogP contribution in [0.25, 0.3) is 0 Å². The average molecular weight is 304 g/mol. The van der Waals surface area contributed by atoms with Crippen LogP contribution in [0.5, 0.6) is 5.75 Å². The van der Waals surface area contributed by atoms with Gasteiger partial charge in [0.25, 0.3) is 0 Å². The molecule has 0 saturated heterocycles. The lowest BCUT2D eigenvalue weighted by Crippen LogP contribution is -2.35. The number of aliphatic hydroxyl groups excluding tert-OH is 2. The lowest BCUT2D eigenvalue weighted by atomic mass is 10.3. The lowest BCUT2D eigenvalue weighted by molar-refractivity contribution is 0.101. The van der Waals surface area contributed by atoms with Crippen molar-refractivity contribution >= 4 is 15.9 Å². The van der Waals surface area contributed by atoms with Crippen LogP contribution in [0.1, 0.15) is 6.92 Å². The van der Waals surface area contributed by atoms with Gasteiger partial charge in [-0.25, -0.2) is 0 Å². The molecule has 96 valence electrons. The fraction of sp³-hybridized carbons (Fsp3) is 0.500. The molecule has 1 rings (SSSR count). The van der Waals surface area contributed by atoms with Gasteiger partial charge in [-0.1, -0.05) is 22.0 Å². The van der Waals surface area contributed by atoms with E-state index in [2.05, 4.69) is 21.2 Å². The van der Waals surface area contributed by atoms with E-state index in [1.54, 1.807) is 6.92 Å². The Morgan fingerprint density at radius 1 is 1.35 bits per heavy atom. The third-order valence-corrected chi connectivity index (χ3v) is 2.55. The monoisotopic (exact) mass is 303 g/mol. The molecule has 0 spiro atoms. The Balaban J connectivity index is 2.21. The summed E-state index contributed by atoms with van der Waals surface area (Å²) in [6, 6.07) is 7.46. The summed E-state index contributed by atoms with van der Waals surface area (Å²) in [4.78, 5) is 0. The number of halogens is 1. The van der Waals surface area contributed by atoms with Crippen molar-refractivity contribution in [1.82, 2.24) is 5.32 Å². The van der Waals surface area contributed by atoms with Crippen LogP contribution < -0.4 is 10.1 Å². The molecule has 0 aliphatic carbocycles.